The van der Waals surface area contributed by atoms with Crippen LogP contribution in [0.25, 0.3) is 6.08 Å². The Balaban J connectivity index is 1.74. The molecule has 3 nitrogen and oxygen atoms in total. The minimum absolute atomic E-state index is 0.0642. The maximum atomic E-state index is 12.7. The number of carbonyl (C=O) groups is 2. The van der Waals surface area contributed by atoms with Gasteiger partial charge in [-0.3, -0.25) is 9.59 Å². The lowest BCUT2D eigenvalue weighted by Gasteiger charge is -2.18. The molecule has 0 aliphatic rings. The summed E-state index contributed by atoms with van der Waals surface area (Å²) in [5, 5.41) is 3.77. The van der Waals surface area contributed by atoms with Gasteiger partial charge in [-0.1, -0.05) is 83.9 Å². The Bertz CT molecular complexity index is 1020. The topological polar surface area (TPSA) is 46.2 Å². The lowest BCUT2D eigenvalue weighted by Crippen LogP contribution is -2.29. The largest absolute Gasteiger partial charge is 0.352 e. The van der Waals surface area contributed by atoms with E-state index in [4.69, 9.17) is 23.2 Å². The first-order valence-corrected chi connectivity index (χ1v) is 10.8. The van der Waals surface area contributed by atoms with E-state index in [-0.39, 0.29) is 17.3 Å². The molecule has 0 bridgehead atoms. The Hall–Kier alpha value is -2.88. The van der Waals surface area contributed by atoms with E-state index in [1.807, 2.05) is 36.4 Å². The quantitative estimate of drug-likeness (QED) is 0.248. The average Bonchev–Trinajstić information content (AvgIpc) is 2.75. The van der Waals surface area contributed by atoms with Crippen molar-refractivity contribution in [3.63, 3.8) is 0 Å². The Kier molecular flexibility index (Phi) is 8.05. The number of hydrogen-bond donors (Lipinski definition) is 1. The average molecular weight is 452 g/mol. The van der Waals surface area contributed by atoms with Gasteiger partial charge in [-0.15, -0.1) is 0 Å². The van der Waals surface area contributed by atoms with Gasteiger partial charge < -0.3 is 5.32 Å². The summed E-state index contributed by atoms with van der Waals surface area (Å²) in [6.07, 6.45) is 2.22. The summed E-state index contributed by atoms with van der Waals surface area (Å²) in [4.78, 5) is 24.9. The first-order valence-electron chi connectivity index (χ1n) is 10.0. The van der Waals surface area contributed by atoms with Gasteiger partial charge in [-0.05, 0) is 54.3 Å². The van der Waals surface area contributed by atoms with Gasteiger partial charge in [0, 0.05) is 22.5 Å². The minimum Gasteiger partial charge on any atom is -0.352 e. The third kappa shape index (κ3) is 6.55. The van der Waals surface area contributed by atoms with Crippen LogP contribution in [0.1, 0.15) is 36.0 Å². The zero-order chi connectivity index (χ0) is 22.2. The molecule has 3 rings (SSSR count). The van der Waals surface area contributed by atoms with Crippen LogP contribution in [0.5, 0.6) is 0 Å². The molecule has 0 radical (unpaired) electrons. The van der Waals surface area contributed by atoms with E-state index in [1.54, 1.807) is 18.2 Å². The van der Waals surface area contributed by atoms with Crippen LogP contribution >= 0.6 is 23.2 Å². The molecule has 1 amide bonds. The number of benzene rings is 3. The first kappa shape index (κ1) is 22.8. The number of ketones is 1. The third-order valence-electron chi connectivity index (χ3n) is 4.94. The Labute approximate surface area is 192 Å². The maximum absolute atomic E-state index is 12.7. The molecule has 1 N–H and O–H groups in total. The molecular weight excluding hydrogens is 429 g/mol. The van der Waals surface area contributed by atoms with Gasteiger partial charge in [0.2, 0.25) is 0 Å². The van der Waals surface area contributed by atoms with Crippen LogP contribution in [0, 0.1) is 0 Å². The molecule has 3 aromatic carbocycles. The second-order valence-corrected chi connectivity index (χ2v) is 8.11. The highest BCUT2D eigenvalue weighted by atomic mass is 35.5. The molecule has 0 saturated carbocycles. The van der Waals surface area contributed by atoms with E-state index in [1.165, 1.54) is 24.1 Å². The zero-order valence-corrected chi connectivity index (χ0v) is 18.7. The number of nitrogens with one attached hydrogen (secondary N) is 1. The fourth-order valence-electron chi connectivity index (χ4n) is 3.47. The van der Waals surface area contributed by atoms with Crippen molar-refractivity contribution in [2.45, 2.75) is 19.3 Å². The summed E-state index contributed by atoms with van der Waals surface area (Å²) >= 11 is 12.1. The lowest BCUT2D eigenvalue weighted by atomic mass is 9.88. The Morgan fingerprint density at radius 1 is 0.871 bits per heavy atom. The fourth-order valence-corrected chi connectivity index (χ4v) is 4.02. The highest BCUT2D eigenvalue weighted by molar-refractivity contribution is 6.35. The third-order valence-corrected chi connectivity index (χ3v) is 5.38. The van der Waals surface area contributed by atoms with Gasteiger partial charge in [-0.25, -0.2) is 0 Å². The number of rotatable bonds is 8. The van der Waals surface area contributed by atoms with Gasteiger partial charge in [0.25, 0.3) is 5.91 Å². The van der Waals surface area contributed by atoms with Crippen molar-refractivity contribution >= 4 is 41.0 Å². The van der Waals surface area contributed by atoms with Crippen LogP contribution in [0.15, 0.2) is 84.4 Å². The van der Waals surface area contributed by atoms with Gasteiger partial charge in [0.15, 0.2) is 5.78 Å². The van der Waals surface area contributed by atoms with E-state index in [9.17, 15) is 9.59 Å². The van der Waals surface area contributed by atoms with Gasteiger partial charge >= 0.3 is 0 Å². The molecule has 0 saturated heterocycles. The van der Waals surface area contributed by atoms with Crippen molar-refractivity contribution in [1.29, 1.82) is 0 Å². The molecule has 0 atom stereocenters. The summed E-state index contributed by atoms with van der Waals surface area (Å²) in [5.74, 6) is -0.598. The van der Waals surface area contributed by atoms with Crippen LogP contribution < -0.4 is 5.32 Å². The van der Waals surface area contributed by atoms with E-state index < -0.39 is 5.91 Å². The van der Waals surface area contributed by atoms with Crippen molar-refractivity contribution in [1.82, 2.24) is 5.32 Å². The molecule has 158 valence electrons. The maximum Gasteiger partial charge on any atom is 0.254 e. The Morgan fingerprint density at radius 3 is 1.87 bits per heavy atom. The second-order valence-electron chi connectivity index (χ2n) is 7.24. The zero-order valence-electron chi connectivity index (χ0n) is 17.1. The van der Waals surface area contributed by atoms with Crippen molar-refractivity contribution in [2.75, 3.05) is 6.54 Å². The predicted molar refractivity (Wildman–Crippen MR) is 127 cm³/mol. The number of Topliss-reactive ketones (excluding diaryl/α,β-unsaturated/α-hetero) is 1. The number of halogens is 2. The predicted octanol–water partition coefficient (Wildman–Crippen LogP) is 6.30. The summed E-state index contributed by atoms with van der Waals surface area (Å²) in [6.45, 7) is 1.79. The van der Waals surface area contributed by atoms with Gasteiger partial charge in [0.05, 0.1) is 5.57 Å². The second kappa shape index (κ2) is 10.9. The highest BCUT2D eigenvalue weighted by Crippen LogP contribution is 2.27. The smallest absolute Gasteiger partial charge is 0.254 e. The fraction of sp³-hybridized carbons (Fsp3) is 0.154. The molecule has 0 aromatic heterocycles. The van der Waals surface area contributed by atoms with E-state index in [0.29, 0.717) is 28.6 Å². The molecule has 0 fully saturated rings. The lowest BCUT2D eigenvalue weighted by molar-refractivity contribution is -0.121. The first-order chi connectivity index (χ1) is 14.9. The monoisotopic (exact) mass is 451 g/mol. The molecular formula is C26H23Cl2NO2. The van der Waals surface area contributed by atoms with Crippen LogP contribution in [-0.2, 0) is 9.59 Å². The van der Waals surface area contributed by atoms with Gasteiger partial charge in [-0.2, -0.15) is 0 Å². The SMILES string of the molecule is CC(=O)C(=Cc1cc(Cl)cc(Cl)c1)C(=O)NCCC(c1ccccc1)c1ccccc1. The van der Waals surface area contributed by atoms with E-state index in [0.717, 1.165) is 0 Å². The van der Waals surface area contributed by atoms with E-state index >= 15 is 0 Å². The molecule has 3 aromatic rings. The summed E-state index contributed by atoms with van der Waals surface area (Å²) in [6, 6.07) is 25.3. The molecule has 0 heterocycles. The van der Waals surface area contributed by atoms with Crippen LogP contribution in [0.2, 0.25) is 10.0 Å². The summed E-state index contributed by atoms with van der Waals surface area (Å²) < 4.78 is 0. The van der Waals surface area contributed by atoms with Crippen LogP contribution in [0.4, 0.5) is 0 Å². The normalized spacial score (nSPS) is 11.4. The van der Waals surface area contributed by atoms with Crippen molar-refractivity contribution in [3.05, 3.63) is 111 Å². The molecule has 0 unspecified atom stereocenters. The number of amides is 1. The van der Waals surface area contributed by atoms with Crippen molar-refractivity contribution < 1.29 is 9.59 Å². The number of carbonyl (C=O) groups excluding carboxylic acids is 2. The minimum atomic E-state index is -0.413. The van der Waals surface area contributed by atoms with Gasteiger partial charge in [0.1, 0.15) is 0 Å². The summed E-state index contributed by atoms with van der Waals surface area (Å²) in [5.41, 5.74) is 3.02. The molecule has 31 heavy (non-hydrogen) atoms. The van der Waals surface area contributed by atoms with E-state index in [2.05, 4.69) is 29.6 Å². The Morgan fingerprint density at radius 2 is 1.39 bits per heavy atom. The van der Waals surface area contributed by atoms with Crippen LogP contribution in [-0.4, -0.2) is 18.2 Å². The molecule has 5 heteroatoms. The van der Waals surface area contributed by atoms with Crippen molar-refractivity contribution in [3.8, 4) is 0 Å². The summed E-state index contributed by atoms with van der Waals surface area (Å²) in [7, 11) is 0. The highest BCUT2D eigenvalue weighted by Gasteiger charge is 2.17. The van der Waals surface area contributed by atoms with Crippen molar-refractivity contribution in [2.24, 2.45) is 0 Å². The molecule has 0 aliphatic heterocycles. The standard InChI is InChI=1S/C26H23Cl2NO2/c1-18(30)25(16-19-14-22(27)17-23(28)15-19)26(31)29-13-12-24(20-8-4-2-5-9-20)21-10-6-3-7-11-21/h2-11,14-17,24H,12-13H2,1H3,(H,29,31). The molecule has 0 spiro atoms. The molecule has 0 aliphatic carbocycles. The van der Waals surface area contributed by atoms with Crippen LogP contribution in [0.3, 0.4) is 0 Å². The number of hydrogen-bond acceptors (Lipinski definition) is 2.